The summed E-state index contributed by atoms with van der Waals surface area (Å²) in [4.78, 5) is 26.8. The number of benzene rings is 2. The van der Waals surface area contributed by atoms with Gasteiger partial charge in [-0.1, -0.05) is 53.7 Å². The Morgan fingerprint density at radius 2 is 1.79 bits per heavy atom. The average molecular weight is 389 g/mol. The minimum atomic E-state index is -0.265. The summed E-state index contributed by atoms with van der Waals surface area (Å²) in [7, 11) is 0. The molecule has 0 bridgehead atoms. The van der Waals surface area contributed by atoms with Crippen molar-refractivity contribution < 1.29 is 9.59 Å². The van der Waals surface area contributed by atoms with Crippen molar-refractivity contribution in [3.8, 4) is 5.69 Å². The smallest absolute Gasteiger partial charge is 0.273 e. The molecule has 0 radical (unpaired) electrons. The average Bonchev–Trinajstić information content (AvgIpc) is 3.30. The van der Waals surface area contributed by atoms with Crippen LogP contribution in [-0.2, 0) is 11.3 Å². The third-order valence-corrected chi connectivity index (χ3v) is 5.17. The molecule has 1 atom stereocenters. The van der Waals surface area contributed by atoms with Crippen molar-refractivity contribution in [1.82, 2.24) is 25.2 Å². The van der Waals surface area contributed by atoms with Gasteiger partial charge >= 0.3 is 0 Å². The molecule has 0 saturated carbocycles. The first-order chi connectivity index (χ1) is 14.1. The number of para-hydroxylation sites is 1. The highest BCUT2D eigenvalue weighted by atomic mass is 16.2. The highest BCUT2D eigenvalue weighted by Gasteiger charge is 2.30. The van der Waals surface area contributed by atoms with Gasteiger partial charge in [0.05, 0.1) is 11.4 Å². The van der Waals surface area contributed by atoms with E-state index in [4.69, 9.17) is 0 Å². The van der Waals surface area contributed by atoms with Gasteiger partial charge in [0, 0.05) is 32.0 Å². The summed E-state index contributed by atoms with van der Waals surface area (Å²) in [5, 5.41) is 11.1. The fourth-order valence-corrected chi connectivity index (χ4v) is 3.62. The summed E-state index contributed by atoms with van der Waals surface area (Å²) in [6.07, 6.45) is 0.447. The van der Waals surface area contributed by atoms with E-state index in [0.717, 1.165) is 11.3 Å². The highest BCUT2D eigenvalue weighted by molar-refractivity contribution is 5.93. The van der Waals surface area contributed by atoms with Crippen LogP contribution in [0.3, 0.4) is 0 Å². The van der Waals surface area contributed by atoms with Crippen LogP contribution in [0.1, 0.15) is 28.2 Å². The van der Waals surface area contributed by atoms with Gasteiger partial charge in [-0.25, -0.2) is 4.68 Å². The Morgan fingerprint density at radius 3 is 2.52 bits per heavy atom. The molecular weight excluding hydrogens is 366 g/mol. The summed E-state index contributed by atoms with van der Waals surface area (Å²) in [6.45, 7) is 3.51. The van der Waals surface area contributed by atoms with E-state index < -0.39 is 0 Å². The molecule has 1 aliphatic heterocycles. The summed E-state index contributed by atoms with van der Waals surface area (Å²) >= 11 is 0. The second-order valence-electron chi connectivity index (χ2n) is 7.31. The third-order valence-electron chi connectivity index (χ3n) is 5.17. The van der Waals surface area contributed by atoms with Gasteiger partial charge in [-0.15, -0.1) is 5.10 Å². The van der Waals surface area contributed by atoms with Gasteiger partial charge in [0.1, 0.15) is 0 Å². The maximum atomic E-state index is 12.6. The van der Waals surface area contributed by atoms with E-state index in [1.165, 1.54) is 0 Å². The lowest BCUT2D eigenvalue weighted by atomic mass is 10.1. The molecule has 1 unspecified atom stereocenters. The first-order valence-electron chi connectivity index (χ1n) is 9.69. The molecule has 1 aliphatic rings. The molecule has 1 aromatic heterocycles. The Labute approximate surface area is 169 Å². The molecule has 2 amide bonds. The van der Waals surface area contributed by atoms with Gasteiger partial charge in [0.15, 0.2) is 5.69 Å². The number of carbonyl (C=O) groups excluding carboxylic acids is 2. The van der Waals surface area contributed by atoms with Gasteiger partial charge in [-0.3, -0.25) is 9.59 Å². The number of likely N-dealkylation sites (tertiary alicyclic amines) is 1. The SMILES string of the molecule is Cc1c(C(=O)NCC2CC(=O)N(Cc3ccccc3)C2)nnn1-c1ccccc1. The Hall–Kier alpha value is -3.48. The molecule has 0 spiro atoms. The molecule has 2 heterocycles. The summed E-state index contributed by atoms with van der Waals surface area (Å²) in [5.41, 5.74) is 2.95. The quantitative estimate of drug-likeness (QED) is 0.702. The van der Waals surface area contributed by atoms with Gasteiger partial charge in [-0.2, -0.15) is 0 Å². The third kappa shape index (κ3) is 4.18. The predicted molar refractivity (Wildman–Crippen MR) is 108 cm³/mol. The van der Waals surface area contributed by atoms with Crippen LogP contribution >= 0.6 is 0 Å². The molecular formula is C22H23N5O2. The van der Waals surface area contributed by atoms with Crippen molar-refractivity contribution in [3.63, 3.8) is 0 Å². The molecule has 3 aromatic rings. The lowest BCUT2D eigenvalue weighted by Gasteiger charge is -2.17. The fourth-order valence-electron chi connectivity index (χ4n) is 3.62. The van der Waals surface area contributed by atoms with Crippen molar-refractivity contribution in [2.24, 2.45) is 5.92 Å². The van der Waals surface area contributed by atoms with E-state index in [2.05, 4.69) is 15.6 Å². The first kappa shape index (κ1) is 18.9. The Balaban J connectivity index is 1.35. The fraction of sp³-hybridized carbons (Fsp3) is 0.273. The van der Waals surface area contributed by atoms with Crippen LogP contribution in [0.4, 0.5) is 0 Å². The topological polar surface area (TPSA) is 80.1 Å². The number of carbonyl (C=O) groups is 2. The van der Waals surface area contributed by atoms with E-state index in [0.29, 0.717) is 37.4 Å². The zero-order valence-corrected chi connectivity index (χ0v) is 16.3. The number of rotatable bonds is 6. The molecule has 2 aromatic carbocycles. The maximum Gasteiger partial charge on any atom is 0.273 e. The lowest BCUT2D eigenvalue weighted by molar-refractivity contribution is -0.128. The molecule has 7 heteroatoms. The minimum absolute atomic E-state index is 0.0969. The number of aromatic nitrogens is 3. The monoisotopic (exact) mass is 389 g/mol. The van der Waals surface area contributed by atoms with Crippen molar-refractivity contribution in [2.75, 3.05) is 13.1 Å². The van der Waals surface area contributed by atoms with Crippen molar-refractivity contribution >= 4 is 11.8 Å². The van der Waals surface area contributed by atoms with Gasteiger partial charge in [-0.05, 0) is 24.6 Å². The summed E-state index contributed by atoms with van der Waals surface area (Å²) in [6, 6.07) is 19.5. The number of amides is 2. The van der Waals surface area contributed by atoms with Crippen LogP contribution < -0.4 is 5.32 Å². The van der Waals surface area contributed by atoms with E-state index in [-0.39, 0.29) is 17.7 Å². The molecule has 1 N–H and O–H groups in total. The minimum Gasteiger partial charge on any atom is -0.350 e. The Morgan fingerprint density at radius 1 is 1.10 bits per heavy atom. The van der Waals surface area contributed by atoms with E-state index in [1.807, 2.05) is 72.5 Å². The van der Waals surface area contributed by atoms with Crippen LogP contribution in [0.15, 0.2) is 60.7 Å². The zero-order valence-electron chi connectivity index (χ0n) is 16.3. The van der Waals surface area contributed by atoms with Gasteiger partial charge in [0.25, 0.3) is 5.91 Å². The molecule has 4 rings (SSSR count). The molecule has 1 fully saturated rings. The van der Waals surface area contributed by atoms with Crippen LogP contribution in [0.2, 0.25) is 0 Å². The standard InChI is InChI=1S/C22H23N5O2/c1-16-21(24-25-27(16)19-10-6-3-7-11-19)22(29)23-13-18-12-20(28)26(15-18)14-17-8-4-2-5-9-17/h2-11,18H,12-15H2,1H3,(H,23,29). The van der Waals surface area contributed by atoms with Crippen molar-refractivity contribution in [3.05, 3.63) is 77.6 Å². The number of nitrogens with one attached hydrogen (secondary N) is 1. The number of nitrogens with zero attached hydrogens (tertiary/aromatic N) is 4. The van der Waals surface area contributed by atoms with E-state index >= 15 is 0 Å². The molecule has 7 nitrogen and oxygen atoms in total. The second kappa shape index (κ2) is 8.26. The van der Waals surface area contributed by atoms with Gasteiger partial charge < -0.3 is 10.2 Å². The largest absolute Gasteiger partial charge is 0.350 e. The summed E-state index contributed by atoms with van der Waals surface area (Å²) < 4.78 is 1.65. The molecule has 1 saturated heterocycles. The predicted octanol–water partition coefficient (Wildman–Crippen LogP) is 2.35. The van der Waals surface area contributed by atoms with Crippen LogP contribution in [0.5, 0.6) is 0 Å². The van der Waals surface area contributed by atoms with Gasteiger partial charge in [0.2, 0.25) is 5.91 Å². The molecule has 148 valence electrons. The number of hydrogen-bond donors (Lipinski definition) is 1. The normalized spacial score (nSPS) is 16.2. The van der Waals surface area contributed by atoms with Crippen molar-refractivity contribution in [1.29, 1.82) is 0 Å². The maximum absolute atomic E-state index is 12.6. The Bertz CT molecular complexity index is 1000. The van der Waals surface area contributed by atoms with E-state index in [1.54, 1.807) is 4.68 Å². The van der Waals surface area contributed by atoms with Crippen molar-refractivity contribution in [2.45, 2.75) is 19.9 Å². The molecule has 0 aliphatic carbocycles. The first-order valence-corrected chi connectivity index (χ1v) is 9.69. The summed E-state index contributed by atoms with van der Waals surface area (Å²) in [5.74, 6) is -0.0439. The second-order valence-corrected chi connectivity index (χ2v) is 7.31. The Kier molecular flexibility index (Phi) is 5.37. The zero-order chi connectivity index (χ0) is 20.2. The van der Waals surface area contributed by atoms with Crippen LogP contribution in [0.25, 0.3) is 5.69 Å². The van der Waals surface area contributed by atoms with Crippen LogP contribution in [-0.4, -0.2) is 44.8 Å². The van der Waals surface area contributed by atoms with Crippen LogP contribution in [0, 0.1) is 12.8 Å². The number of hydrogen-bond acceptors (Lipinski definition) is 4. The highest BCUT2D eigenvalue weighted by Crippen LogP contribution is 2.20. The lowest BCUT2D eigenvalue weighted by Crippen LogP contribution is -2.31. The molecule has 29 heavy (non-hydrogen) atoms. The van der Waals surface area contributed by atoms with E-state index in [9.17, 15) is 9.59 Å².